The zero-order chi connectivity index (χ0) is 31.5. The van der Waals surface area contributed by atoms with E-state index in [0.717, 1.165) is 17.0 Å². The molecule has 0 radical (unpaired) electrons. The molecule has 2 heterocycles. The van der Waals surface area contributed by atoms with Gasteiger partial charge in [-0.2, -0.15) is 18.4 Å². The maximum atomic E-state index is 14.3. The van der Waals surface area contributed by atoms with E-state index in [1.807, 2.05) is 6.07 Å². The van der Waals surface area contributed by atoms with E-state index in [9.17, 15) is 50.0 Å². The Morgan fingerprint density at radius 3 is 2.12 bits per heavy atom. The number of carbonyl (C=O) groups excluding carboxylic acids is 3. The molecule has 10 nitrogen and oxygen atoms in total. The summed E-state index contributed by atoms with van der Waals surface area (Å²) in [4.78, 5) is 40.9. The van der Waals surface area contributed by atoms with Crippen LogP contribution in [0.25, 0.3) is 0 Å². The highest BCUT2D eigenvalue weighted by Crippen LogP contribution is 2.45. The van der Waals surface area contributed by atoms with Gasteiger partial charge in [0.2, 0.25) is 17.7 Å². The molecule has 0 spiro atoms. The lowest BCUT2D eigenvalue weighted by Gasteiger charge is -2.40. The molecular formula is C27H30F5N5O5S. The number of amides is 3. The Bertz CT molecular complexity index is 1470. The number of likely N-dealkylation sites (tertiary alicyclic amines) is 1. The summed E-state index contributed by atoms with van der Waals surface area (Å²) in [6, 6.07) is 4.80. The molecule has 2 saturated heterocycles. The summed E-state index contributed by atoms with van der Waals surface area (Å²) in [6.07, 6.45) is -5.44. The summed E-state index contributed by atoms with van der Waals surface area (Å²) in [6.45, 7) is 0.630. The van der Waals surface area contributed by atoms with E-state index in [4.69, 9.17) is 0 Å². The molecule has 1 aromatic carbocycles. The predicted octanol–water partition coefficient (Wildman–Crippen LogP) is 2.19. The van der Waals surface area contributed by atoms with Gasteiger partial charge in [-0.25, -0.2) is 17.2 Å². The number of nitriles is 1. The fraction of sp³-hybridized carbons (Fsp3) is 0.630. The number of alkyl halides is 5. The Labute approximate surface area is 244 Å². The van der Waals surface area contributed by atoms with Gasteiger partial charge in [-0.05, 0) is 43.9 Å². The standard InChI is InChI=1S/C27H30F5N5O5S/c1-16(38)35-6-8-36(9-7-35)17-2-3-22(21(10-17)27(30,31)32)43(41,42)18-11-19(23(39)34-25(13-33)4-5-25)20(12-18)24(40)37-14-26(28,29)15-37/h2-3,10,18-20H,4-9,11-12,14-15H2,1H3,(H,34,39). The zero-order valence-corrected chi connectivity index (χ0v) is 24.0. The van der Waals surface area contributed by atoms with Crippen molar-refractivity contribution in [2.75, 3.05) is 44.2 Å². The number of halogens is 5. The number of anilines is 1. The molecule has 2 aliphatic heterocycles. The molecule has 3 amide bonds. The third-order valence-electron chi connectivity index (χ3n) is 8.76. The molecule has 234 valence electrons. The normalized spacial score (nSPS) is 26.3. The second kappa shape index (κ2) is 10.6. The Balaban J connectivity index is 1.43. The van der Waals surface area contributed by atoms with Crippen molar-refractivity contribution in [2.24, 2.45) is 11.8 Å². The van der Waals surface area contributed by atoms with Crippen LogP contribution in [0.4, 0.5) is 27.6 Å². The molecule has 3 unspecified atom stereocenters. The summed E-state index contributed by atoms with van der Waals surface area (Å²) in [7, 11) is -4.78. The van der Waals surface area contributed by atoms with E-state index in [1.165, 1.54) is 13.0 Å². The van der Waals surface area contributed by atoms with E-state index in [2.05, 4.69) is 5.32 Å². The fourth-order valence-corrected chi connectivity index (χ4v) is 8.09. The second-order valence-electron chi connectivity index (χ2n) is 11.8. The SMILES string of the molecule is CC(=O)N1CCN(c2ccc(S(=O)(=O)C3CC(C(=O)NC4(C#N)CC4)C(C(=O)N4CC(F)(F)C4)C3)c(C(F)(F)F)c2)CC1. The smallest absolute Gasteiger partial charge is 0.368 e. The predicted molar refractivity (Wildman–Crippen MR) is 140 cm³/mol. The molecule has 5 rings (SSSR count). The van der Waals surface area contributed by atoms with E-state index < -0.39 is 92.8 Å². The first-order chi connectivity index (χ1) is 20.0. The third kappa shape index (κ3) is 6.00. The molecule has 0 bridgehead atoms. The third-order valence-corrected chi connectivity index (χ3v) is 11.0. The number of carbonyl (C=O) groups is 3. The van der Waals surface area contributed by atoms with Crippen molar-refractivity contribution in [1.82, 2.24) is 15.1 Å². The second-order valence-corrected chi connectivity index (χ2v) is 14.0. The van der Waals surface area contributed by atoms with Gasteiger partial charge in [0.05, 0.1) is 46.7 Å². The van der Waals surface area contributed by atoms with Crippen LogP contribution in [0.5, 0.6) is 0 Å². The summed E-state index contributed by atoms with van der Waals surface area (Å²) in [5.74, 6) is -7.67. The molecule has 1 N–H and O–H groups in total. The summed E-state index contributed by atoms with van der Waals surface area (Å²) >= 11 is 0. The summed E-state index contributed by atoms with van der Waals surface area (Å²) in [5, 5.41) is 10.3. The molecule has 1 aromatic rings. The zero-order valence-electron chi connectivity index (χ0n) is 23.2. The average Bonchev–Trinajstić information content (AvgIpc) is 3.55. The Kier molecular flexibility index (Phi) is 7.63. The quantitative estimate of drug-likeness (QED) is 0.477. The van der Waals surface area contributed by atoms with Crippen molar-refractivity contribution in [3.8, 4) is 6.07 Å². The number of rotatable bonds is 6. The van der Waals surface area contributed by atoms with Crippen molar-refractivity contribution in [2.45, 2.75) is 60.4 Å². The highest BCUT2D eigenvalue weighted by molar-refractivity contribution is 7.92. The minimum absolute atomic E-state index is 0.121. The van der Waals surface area contributed by atoms with Crippen LogP contribution < -0.4 is 10.2 Å². The topological polar surface area (TPSA) is 131 Å². The van der Waals surface area contributed by atoms with Crippen LogP contribution in [0.3, 0.4) is 0 Å². The van der Waals surface area contributed by atoms with Crippen molar-refractivity contribution in [1.29, 1.82) is 5.26 Å². The molecule has 2 saturated carbocycles. The molecule has 4 aliphatic rings. The lowest BCUT2D eigenvalue weighted by molar-refractivity contribution is -0.171. The van der Waals surface area contributed by atoms with Crippen LogP contribution in [0, 0.1) is 23.2 Å². The van der Waals surface area contributed by atoms with Crippen LogP contribution in [0.15, 0.2) is 23.1 Å². The number of piperazine rings is 1. The lowest BCUT2D eigenvalue weighted by atomic mass is 9.92. The van der Waals surface area contributed by atoms with Crippen LogP contribution in [0.1, 0.15) is 38.2 Å². The van der Waals surface area contributed by atoms with E-state index in [1.54, 1.807) is 9.80 Å². The van der Waals surface area contributed by atoms with Gasteiger partial charge in [0, 0.05) is 38.8 Å². The first-order valence-corrected chi connectivity index (χ1v) is 15.4. The maximum Gasteiger partial charge on any atom is 0.417 e. The monoisotopic (exact) mass is 631 g/mol. The van der Waals surface area contributed by atoms with Crippen molar-refractivity contribution in [3.63, 3.8) is 0 Å². The molecule has 43 heavy (non-hydrogen) atoms. The van der Waals surface area contributed by atoms with E-state index in [0.29, 0.717) is 12.8 Å². The molecular weight excluding hydrogens is 601 g/mol. The summed E-state index contributed by atoms with van der Waals surface area (Å²) < 4.78 is 97.4. The van der Waals surface area contributed by atoms with Crippen molar-refractivity contribution < 1.29 is 44.8 Å². The first-order valence-electron chi connectivity index (χ1n) is 13.8. The van der Waals surface area contributed by atoms with Gasteiger partial charge >= 0.3 is 6.18 Å². The van der Waals surface area contributed by atoms with Gasteiger partial charge in [-0.15, -0.1) is 0 Å². The number of nitrogens with zero attached hydrogens (tertiary/aromatic N) is 4. The Morgan fingerprint density at radius 2 is 1.60 bits per heavy atom. The van der Waals surface area contributed by atoms with Gasteiger partial charge in [-0.1, -0.05) is 0 Å². The number of hydrogen-bond acceptors (Lipinski definition) is 7. The minimum atomic E-state index is -5.07. The van der Waals surface area contributed by atoms with Crippen LogP contribution in [-0.4, -0.2) is 91.9 Å². The van der Waals surface area contributed by atoms with E-state index in [-0.39, 0.29) is 37.8 Å². The van der Waals surface area contributed by atoms with Gasteiger partial charge < -0.3 is 20.0 Å². The van der Waals surface area contributed by atoms with Gasteiger partial charge in [0.15, 0.2) is 9.84 Å². The van der Waals surface area contributed by atoms with Crippen LogP contribution in [0.2, 0.25) is 0 Å². The Hall–Kier alpha value is -3.48. The first kappa shape index (κ1) is 31.0. The van der Waals surface area contributed by atoms with Gasteiger partial charge in [-0.3, -0.25) is 14.4 Å². The number of sulfone groups is 1. The highest BCUT2D eigenvalue weighted by Gasteiger charge is 2.55. The average molecular weight is 632 g/mol. The molecule has 4 fully saturated rings. The van der Waals surface area contributed by atoms with Crippen LogP contribution in [-0.2, 0) is 30.4 Å². The molecule has 16 heteroatoms. The van der Waals surface area contributed by atoms with Crippen molar-refractivity contribution >= 4 is 33.2 Å². The lowest BCUT2D eigenvalue weighted by Crippen LogP contribution is -2.60. The van der Waals surface area contributed by atoms with Crippen molar-refractivity contribution in [3.05, 3.63) is 23.8 Å². The summed E-state index contributed by atoms with van der Waals surface area (Å²) in [5.41, 5.74) is -2.45. The molecule has 3 atom stereocenters. The number of hydrogen-bond donors (Lipinski definition) is 1. The van der Waals surface area contributed by atoms with Gasteiger partial charge in [0.1, 0.15) is 5.54 Å². The van der Waals surface area contributed by atoms with E-state index >= 15 is 0 Å². The number of nitrogens with one attached hydrogen (secondary N) is 1. The largest absolute Gasteiger partial charge is 0.417 e. The number of benzene rings is 1. The fourth-order valence-electron chi connectivity index (χ4n) is 6.07. The maximum absolute atomic E-state index is 14.3. The van der Waals surface area contributed by atoms with Crippen LogP contribution >= 0.6 is 0 Å². The Morgan fingerprint density at radius 1 is 1.00 bits per heavy atom. The minimum Gasteiger partial charge on any atom is -0.368 e. The van der Waals surface area contributed by atoms with Gasteiger partial charge in [0.25, 0.3) is 5.92 Å². The highest BCUT2D eigenvalue weighted by atomic mass is 32.2. The molecule has 2 aliphatic carbocycles. The molecule has 0 aromatic heterocycles.